The molecule has 0 saturated carbocycles. The van der Waals surface area contributed by atoms with Crippen LogP contribution in [-0.4, -0.2) is 62.7 Å². The van der Waals surface area contributed by atoms with Gasteiger partial charge in [-0.15, -0.1) is 4.37 Å². The van der Waals surface area contributed by atoms with Crippen LogP contribution >= 0.6 is 35.1 Å². The van der Waals surface area contributed by atoms with Crippen molar-refractivity contribution in [3.05, 3.63) is 41.6 Å². The largest absolute Gasteiger partial charge is 0.475 e. The first-order valence-electron chi connectivity index (χ1n) is 14.6. The highest BCUT2D eigenvalue weighted by Crippen LogP contribution is 2.33. The van der Waals surface area contributed by atoms with E-state index in [1.165, 1.54) is 48.3 Å². The molecule has 1 aromatic carbocycles. The Morgan fingerprint density at radius 2 is 1.95 bits per heavy atom. The molecule has 1 aliphatic heterocycles. The minimum atomic E-state index is -0.734. The smallest absolute Gasteiger partial charge is 0.408 e. The second-order valence-corrected chi connectivity index (χ2v) is 12.6. The van der Waals surface area contributed by atoms with E-state index in [1.807, 2.05) is 6.07 Å². The molecule has 222 valence electrons. The van der Waals surface area contributed by atoms with Gasteiger partial charge >= 0.3 is 5.43 Å². The number of rotatable bonds is 19. The predicted octanol–water partition coefficient (Wildman–Crippen LogP) is 8.06. The van der Waals surface area contributed by atoms with Crippen molar-refractivity contribution in [2.45, 2.75) is 95.1 Å². The Balaban J connectivity index is 1.45. The number of aliphatic hydroxyl groups is 1. The SMILES string of the molecule is CCCCCCCC(OC(=O)Cl)[N+]1(C)CCC=C(c2nsnc2OCCCCCCc2cccc(SCO)c2)C1. The van der Waals surface area contributed by atoms with Crippen molar-refractivity contribution >= 4 is 46.1 Å². The Morgan fingerprint density at radius 3 is 2.75 bits per heavy atom. The summed E-state index contributed by atoms with van der Waals surface area (Å²) in [6, 6.07) is 8.41. The molecule has 0 radical (unpaired) electrons. The molecule has 40 heavy (non-hydrogen) atoms. The molecule has 1 aliphatic rings. The molecule has 2 aromatic rings. The van der Waals surface area contributed by atoms with Gasteiger partial charge in [-0.25, -0.2) is 4.79 Å². The highest BCUT2D eigenvalue weighted by Gasteiger charge is 2.39. The monoisotopic (exact) mass is 610 g/mol. The van der Waals surface area contributed by atoms with Gasteiger partial charge in [0.2, 0.25) is 6.23 Å². The number of halogens is 1. The van der Waals surface area contributed by atoms with Crippen LogP contribution in [0, 0.1) is 0 Å². The Bertz CT molecular complexity index is 1070. The number of aromatic nitrogens is 2. The average Bonchev–Trinajstić information content (AvgIpc) is 3.41. The summed E-state index contributed by atoms with van der Waals surface area (Å²) < 4.78 is 21.4. The number of ether oxygens (including phenoxy) is 2. The summed E-state index contributed by atoms with van der Waals surface area (Å²) in [5, 5.41) is 9.11. The molecule has 1 N–H and O–H groups in total. The summed E-state index contributed by atoms with van der Waals surface area (Å²) in [7, 11) is 2.14. The van der Waals surface area contributed by atoms with Crippen LogP contribution in [0.2, 0.25) is 0 Å². The zero-order valence-electron chi connectivity index (χ0n) is 24.0. The maximum Gasteiger partial charge on any atom is 0.408 e. The first kappa shape index (κ1) is 32.9. The highest BCUT2D eigenvalue weighted by atomic mass is 35.5. The number of carbonyl (C=O) groups is 1. The van der Waals surface area contributed by atoms with Crippen molar-refractivity contribution < 1.29 is 23.9 Å². The average molecular weight is 611 g/mol. The molecule has 0 aliphatic carbocycles. The number of nitrogens with zero attached hydrogens (tertiary/aromatic N) is 3. The van der Waals surface area contributed by atoms with Gasteiger partial charge in [0.1, 0.15) is 12.2 Å². The van der Waals surface area contributed by atoms with Crippen molar-refractivity contribution in [3.63, 3.8) is 0 Å². The summed E-state index contributed by atoms with van der Waals surface area (Å²) >= 11 is 8.33. The fraction of sp³-hybridized carbons (Fsp3) is 0.633. The summed E-state index contributed by atoms with van der Waals surface area (Å²) in [4.78, 5) is 12.8. The van der Waals surface area contributed by atoms with Gasteiger partial charge in [0, 0.05) is 34.9 Å². The molecule has 7 nitrogen and oxygen atoms in total. The molecule has 0 fully saturated rings. The Labute approximate surface area is 253 Å². The summed E-state index contributed by atoms with van der Waals surface area (Å²) in [5.74, 6) is 0.715. The Morgan fingerprint density at radius 1 is 1.15 bits per heavy atom. The molecule has 1 aromatic heterocycles. The number of quaternary nitrogens is 1. The number of likely N-dealkylation sites (N-methyl/N-ethyl adjacent to an activating group) is 1. The van der Waals surface area contributed by atoms with Crippen LogP contribution in [0.25, 0.3) is 5.57 Å². The van der Waals surface area contributed by atoms with E-state index in [4.69, 9.17) is 26.2 Å². The molecule has 0 spiro atoms. The third-order valence-electron chi connectivity index (χ3n) is 7.53. The van der Waals surface area contributed by atoms with E-state index in [0.717, 1.165) is 80.5 Å². The fourth-order valence-corrected chi connectivity index (χ4v) is 6.49. The van der Waals surface area contributed by atoms with Gasteiger partial charge < -0.3 is 14.6 Å². The van der Waals surface area contributed by atoms with Gasteiger partial charge in [-0.2, -0.15) is 4.37 Å². The van der Waals surface area contributed by atoms with Crippen molar-refractivity contribution in [2.24, 2.45) is 0 Å². The number of hydrogen-bond donors (Lipinski definition) is 1. The van der Waals surface area contributed by atoms with Crippen LogP contribution in [0.3, 0.4) is 0 Å². The van der Waals surface area contributed by atoms with Crippen molar-refractivity contribution in [1.82, 2.24) is 8.75 Å². The van der Waals surface area contributed by atoms with E-state index < -0.39 is 5.43 Å². The third-order valence-corrected chi connectivity index (χ3v) is 8.85. The first-order chi connectivity index (χ1) is 19.4. The maximum atomic E-state index is 11.7. The minimum absolute atomic E-state index is 0.110. The molecule has 0 amide bonds. The van der Waals surface area contributed by atoms with Crippen LogP contribution in [-0.2, 0) is 11.2 Å². The van der Waals surface area contributed by atoms with Crippen molar-refractivity contribution in [2.75, 3.05) is 32.7 Å². The van der Waals surface area contributed by atoms with E-state index in [-0.39, 0.29) is 12.2 Å². The summed E-state index contributed by atoms with van der Waals surface area (Å²) in [6.45, 7) is 4.40. The number of carbonyl (C=O) groups excluding carboxylic acids is 1. The summed E-state index contributed by atoms with van der Waals surface area (Å²) in [6.07, 6.45) is 14.8. The zero-order chi connectivity index (χ0) is 28.6. The Kier molecular flexibility index (Phi) is 14.8. The van der Waals surface area contributed by atoms with E-state index in [1.54, 1.807) is 0 Å². The number of benzene rings is 1. The lowest BCUT2D eigenvalue weighted by Gasteiger charge is -2.42. The highest BCUT2D eigenvalue weighted by molar-refractivity contribution is 7.99. The van der Waals surface area contributed by atoms with Gasteiger partial charge in [-0.3, -0.25) is 4.48 Å². The van der Waals surface area contributed by atoms with E-state index in [9.17, 15) is 4.79 Å². The van der Waals surface area contributed by atoms with Gasteiger partial charge in [-0.05, 0) is 43.4 Å². The predicted molar refractivity (Wildman–Crippen MR) is 165 cm³/mol. The van der Waals surface area contributed by atoms with Crippen LogP contribution in [0.5, 0.6) is 5.88 Å². The third kappa shape index (κ3) is 11.0. The Hall–Kier alpha value is -1.65. The number of unbranched alkanes of at least 4 members (excludes halogenated alkanes) is 7. The number of aryl methyl sites for hydroxylation is 1. The van der Waals surface area contributed by atoms with E-state index >= 15 is 0 Å². The lowest BCUT2D eigenvalue weighted by molar-refractivity contribution is -0.946. The molecule has 0 bridgehead atoms. The lowest BCUT2D eigenvalue weighted by Crippen LogP contribution is -2.56. The molecule has 3 rings (SSSR count). The van der Waals surface area contributed by atoms with Gasteiger partial charge in [0.25, 0.3) is 5.88 Å². The summed E-state index contributed by atoms with van der Waals surface area (Å²) in [5.41, 5.74) is 2.50. The molecule has 0 saturated heterocycles. The standard InChI is InChI=1S/C30H45ClN3O4S2/c1-3-4-5-6-10-18-27(38-30(31)36)34(2)19-13-16-25(22-34)28-29(33-40-32-28)37-20-11-8-7-9-14-24-15-12-17-26(21-24)39-23-35/h12,15-17,21,27,35H,3-11,13-14,18-20,22-23H2,1-2H3/q+1. The first-order valence-corrected chi connectivity index (χ1v) is 16.7. The van der Waals surface area contributed by atoms with Crippen LogP contribution in [0.1, 0.15) is 88.8 Å². The van der Waals surface area contributed by atoms with Crippen LogP contribution in [0.4, 0.5) is 4.79 Å². The molecule has 10 heteroatoms. The number of thioether (sulfide) groups is 1. The van der Waals surface area contributed by atoms with Crippen LogP contribution in [0.15, 0.2) is 35.2 Å². The molecule has 2 unspecified atom stereocenters. The van der Waals surface area contributed by atoms with E-state index in [0.29, 0.717) is 23.5 Å². The fourth-order valence-electron chi connectivity index (χ4n) is 5.30. The molecule has 2 atom stereocenters. The second-order valence-electron chi connectivity index (χ2n) is 10.7. The second kappa shape index (κ2) is 18.0. The normalized spacial score (nSPS) is 17.9. The van der Waals surface area contributed by atoms with Gasteiger partial charge in [0.15, 0.2) is 0 Å². The molecular formula is C30H45ClN3O4S2+. The lowest BCUT2D eigenvalue weighted by atomic mass is 10.0. The number of aliphatic hydroxyl groups excluding tert-OH is 1. The quantitative estimate of drug-likeness (QED) is 0.0566. The van der Waals surface area contributed by atoms with Gasteiger partial charge in [0.05, 0.1) is 37.9 Å². The molecule has 2 heterocycles. The number of hydrogen-bond acceptors (Lipinski definition) is 8. The maximum absolute atomic E-state index is 11.7. The minimum Gasteiger partial charge on any atom is -0.475 e. The van der Waals surface area contributed by atoms with Crippen molar-refractivity contribution in [3.8, 4) is 5.88 Å². The zero-order valence-corrected chi connectivity index (χ0v) is 26.4. The topological polar surface area (TPSA) is 81.5 Å². The molecular weight excluding hydrogens is 566 g/mol. The van der Waals surface area contributed by atoms with E-state index in [2.05, 4.69) is 47.0 Å². The van der Waals surface area contributed by atoms with Gasteiger partial charge in [-0.1, -0.05) is 75.4 Å². The van der Waals surface area contributed by atoms with Crippen molar-refractivity contribution in [1.29, 1.82) is 0 Å². The van der Waals surface area contributed by atoms with Crippen LogP contribution < -0.4 is 4.74 Å².